The van der Waals surface area contributed by atoms with Gasteiger partial charge in [0.25, 0.3) is 5.56 Å². The minimum atomic E-state index is -0.849. The molecule has 45 heavy (non-hydrogen) atoms. The number of aromatic nitrogens is 3. The summed E-state index contributed by atoms with van der Waals surface area (Å²) in [6.07, 6.45) is 3.57. The van der Waals surface area contributed by atoms with Crippen molar-refractivity contribution in [3.05, 3.63) is 104 Å². The molecule has 228 valence electrons. The molecular weight excluding hydrogens is 588 g/mol. The molecule has 0 saturated carbocycles. The number of thiazole rings is 1. The number of hydrogen-bond acceptors (Lipinski definition) is 8. The third-order valence-corrected chi connectivity index (χ3v) is 8.18. The first-order valence-electron chi connectivity index (χ1n) is 14.0. The van der Waals surface area contributed by atoms with Crippen LogP contribution in [0.2, 0.25) is 0 Å². The SMILES string of the molecule is COc1ccc(-c2nn(-c3ccccc3)cc2C=c2sc(=C(C#N)C(=O)C(C)(C)C)n(-c3ccccc3OC)c2=O)cc1OC. The second-order valence-corrected chi connectivity index (χ2v) is 12.1. The van der Waals surface area contributed by atoms with Crippen LogP contribution in [0.3, 0.4) is 0 Å². The van der Waals surface area contributed by atoms with Crippen molar-refractivity contribution in [2.24, 2.45) is 5.41 Å². The van der Waals surface area contributed by atoms with Crippen molar-refractivity contribution in [3.63, 3.8) is 0 Å². The van der Waals surface area contributed by atoms with Crippen LogP contribution in [0.5, 0.6) is 17.2 Å². The molecule has 0 fully saturated rings. The van der Waals surface area contributed by atoms with Crippen molar-refractivity contribution >= 4 is 28.8 Å². The summed E-state index contributed by atoms with van der Waals surface area (Å²) < 4.78 is 20.2. The number of nitrogens with zero attached hydrogens (tertiary/aromatic N) is 4. The van der Waals surface area contributed by atoms with E-state index in [1.807, 2.05) is 48.7 Å². The molecule has 0 aliphatic carbocycles. The zero-order valence-electron chi connectivity index (χ0n) is 25.8. The Morgan fingerprint density at radius 1 is 0.911 bits per heavy atom. The van der Waals surface area contributed by atoms with Crippen LogP contribution in [-0.4, -0.2) is 41.5 Å². The number of Topliss-reactive ketones (excluding diaryl/α,β-unsaturated/α-hetero) is 1. The zero-order valence-corrected chi connectivity index (χ0v) is 26.6. The number of ketones is 1. The number of methoxy groups -OCH3 is 3. The number of nitriles is 1. The van der Waals surface area contributed by atoms with Crippen molar-refractivity contribution in [3.8, 4) is 45.9 Å². The molecule has 5 rings (SSSR count). The van der Waals surface area contributed by atoms with Gasteiger partial charge in [-0.15, -0.1) is 11.3 Å². The number of carbonyl (C=O) groups is 1. The number of ether oxygens (including phenoxy) is 3. The van der Waals surface area contributed by atoms with Gasteiger partial charge in [0.2, 0.25) is 0 Å². The maximum Gasteiger partial charge on any atom is 0.273 e. The van der Waals surface area contributed by atoms with Gasteiger partial charge in [-0.2, -0.15) is 10.4 Å². The molecule has 2 aromatic heterocycles. The van der Waals surface area contributed by atoms with E-state index in [9.17, 15) is 14.9 Å². The van der Waals surface area contributed by atoms with Gasteiger partial charge in [-0.25, -0.2) is 4.68 Å². The first-order valence-corrected chi connectivity index (χ1v) is 14.9. The van der Waals surface area contributed by atoms with Crippen LogP contribution in [0.1, 0.15) is 26.3 Å². The minimum absolute atomic E-state index is 0.102. The lowest BCUT2D eigenvalue weighted by Gasteiger charge is -2.15. The van der Waals surface area contributed by atoms with E-state index in [2.05, 4.69) is 6.07 Å². The average Bonchev–Trinajstić information content (AvgIpc) is 3.61. The van der Waals surface area contributed by atoms with Crippen LogP contribution >= 0.6 is 11.3 Å². The molecule has 0 aliphatic rings. The van der Waals surface area contributed by atoms with E-state index < -0.39 is 11.0 Å². The molecule has 9 nitrogen and oxygen atoms in total. The van der Waals surface area contributed by atoms with E-state index in [4.69, 9.17) is 19.3 Å². The van der Waals surface area contributed by atoms with Crippen LogP contribution in [0.25, 0.3) is 34.3 Å². The Bertz CT molecular complexity index is 2110. The van der Waals surface area contributed by atoms with Crippen molar-refractivity contribution < 1.29 is 19.0 Å². The molecule has 0 N–H and O–H groups in total. The Balaban J connectivity index is 1.86. The molecule has 2 heterocycles. The van der Waals surface area contributed by atoms with Crippen LogP contribution in [0, 0.1) is 16.7 Å². The van der Waals surface area contributed by atoms with Gasteiger partial charge in [0.05, 0.1) is 37.2 Å². The molecule has 10 heteroatoms. The second-order valence-electron chi connectivity index (χ2n) is 11.1. The van der Waals surface area contributed by atoms with Gasteiger partial charge in [-0.3, -0.25) is 14.2 Å². The van der Waals surface area contributed by atoms with E-state index in [0.717, 1.165) is 22.6 Å². The summed E-state index contributed by atoms with van der Waals surface area (Å²) in [4.78, 5) is 27.7. The van der Waals surface area contributed by atoms with Crippen LogP contribution in [-0.2, 0) is 4.79 Å². The summed E-state index contributed by atoms with van der Waals surface area (Å²) >= 11 is 1.07. The Hall–Kier alpha value is -5.40. The fraction of sp³-hybridized carbons (Fsp3) is 0.200. The molecule has 0 atom stereocenters. The number of rotatable bonds is 8. The van der Waals surface area contributed by atoms with Crippen LogP contribution in [0.15, 0.2) is 83.8 Å². The Morgan fingerprint density at radius 3 is 2.22 bits per heavy atom. The number of carbonyl (C=O) groups excluding carboxylic acids is 1. The normalized spacial score (nSPS) is 12.4. The van der Waals surface area contributed by atoms with E-state index in [0.29, 0.717) is 38.7 Å². The predicted octanol–water partition coefficient (Wildman–Crippen LogP) is 4.90. The highest BCUT2D eigenvalue weighted by Crippen LogP contribution is 2.33. The molecule has 0 radical (unpaired) electrons. The first-order chi connectivity index (χ1) is 21.6. The maximum atomic E-state index is 14.3. The van der Waals surface area contributed by atoms with Crippen LogP contribution < -0.4 is 29.0 Å². The molecule has 0 unspecified atom stereocenters. The van der Waals surface area contributed by atoms with Gasteiger partial charge in [0, 0.05) is 22.7 Å². The highest BCUT2D eigenvalue weighted by Gasteiger charge is 2.28. The Kier molecular flexibility index (Phi) is 8.75. The third kappa shape index (κ3) is 6.03. The van der Waals surface area contributed by atoms with E-state index >= 15 is 0 Å². The molecular formula is C35H32N4O5S. The van der Waals surface area contributed by atoms with Crippen molar-refractivity contribution in [1.29, 1.82) is 5.26 Å². The standard InChI is InChI=1S/C35H32N4O5S/c1-35(2,3)32(40)25(20-36)34-39(26-14-10-11-15-27(26)42-4)33(41)30(45-34)19-23-21-38(24-12-8-7-9-13-24)37-31(23)22-16-17-28(43-5)29(18-22)44-6/h7-19,21H,1-6H3. The molecule has 0 spiro atoms. The number of hydrogen-bond donors (Lipinski definition) is 0. The van der Waals surface area contributed by atoms with Gasteiger partial charge >= 0.3 is 0 Å². The van der Waals surface area contributed by atoms with E-state index in [1.165, 1.54) is 11.7 Å². The first kappa shape index (κ1) is 31.0. The van der Waals surface area contributed by atoms with Crippen molar-refractivity contribution in [1.82, 2.24) is 14.3 Å². The molecule has 5 aromatic rings. The smallest absolute Gasteiger partial charge is 0.273 e. The monoisotopic (exact) mass is 620 g/mol. The summed E-state index contributed by atoms with van der Waals surface area (Å²) in [7, 11) is 4.64. The molecule has 0 bridgehead atoms. The third-order valence-electron chi connectivity index (χ3n) is 7.09. The van der Waals surface area contributed by atoms with Gasteiger partial charge in [-0.1, -0.05) is 51.1 Å². The number of benzene rings is 3. The summed E-state index contributed by atoms with van der Waals surface area (Å²) in [5.74, 6) is 1.15. The van der Waals surface area contributed by atoms with Gasteiger partial charge in [0.15, 0.2) is 17.3 Å². The zero-order chi connectivity index (χ0) is 32.3. The Morgan fingerprint density at radius 2 is 1.58 bits per heavy atom. The fourth-order valence-corrected chi connectivity index (χ4v) is 5.89. The molecule has 0 aliphatic heterocycles. The molecule has 0 amide bonds. The molecule has 3 aromatic carbocycles. The molecule has 0 saturated heterocycles. The number of para-hydroxylation sites is 3. The largest absolute Gasteiger partial charge is 0.495 e. The summed E-state index contributed by atoms with van der Waals surface area (Å²) in [6, 6.07) is 24.2. The highest BCUT2D eigenvalue weighted by atomic mass is 32.1. The quantitative estimate of drug-likeness (QED) is 0.243. The van der Waals surface area contributed by atoms with Gasteiger partial charge in [-0.05, 0) is 48.5 Å². The van der Waals surface area contributed by atoms with Gasteiger partial charge in [0.1, 0.15) is 27.7 Å². The average molecular weight is 621 g/mol. The summed E-state index contributed by atoms with van der Waals surface area (Å²) in [6.45, 7) is 5.23. The fourth-order valence-electron chi connectivity index (χ4n) is 4.81. The summed E-state index contributed by atoms with van der Waals surface area (Å²) in [5, 5.41) is 15.1. The highest BCUT2D eigenvalue weighted by molar-refractivity contribution is 7.07. The van der Waals surface area contributed by atoms with Crippen molar-refractivity contribution in [2.45, 2.75) is 20.8 Å². The minimum Gasteiger partial charge on any atom is -0.495 e. The Labute approximate surface area is 264 Å². The van der Waals surface area contributed by atoms with E-state index in [1.54, 1.807) is 76.1 Å². The van der Waals surface area contributed by atoms with Crippen molar-refractivity contribution in [2.75, 3.05) is 21.3 Å². The van der Waals surface area contributed by atoms with Gasteiger partial charge < -0.3 is 14.2 Å². The predicted molar refractivity (Wildman–Crippen MR) is 175 cm³/mol. The summed E-state index contributed by atoms with van der Waals surface area (Å²) in [5.41, 5.74) is 1.87. The van der Waals surface area contributed by atoms with E-state index in [-0.39, 0.29) is 16.0 Å². The second kappa shape index (κ2) is 12.7. The lowest BCUT2D eigenvalue weighted by Crippen LogP contribution is -2.33. The lowest BCUT2D eigenvalue weighted by atomic mass is 9.87. The lowest BCUT2D eigenvalue weighted by molar-refractivity contribution is -0.120. The maximum absolute atomic E-state index is 14.3. The van der Waals surface area contributed by atoms with Crippen LogP contribution in [0.4, 0.5) is 0 Å². The topological polar surface area (TPSA) is 108 Å².